The molecule has 0 bridgehead atoms. The van der Waals surface area contributed by atoms with Crippen LogP contribution in [0.15, 0.2) is 54.6 Å². The highest BCUT2D eigenvalue weighted by atomic mass is 35.5. The van der Waals surface area contributed by atoms with Crippen LogP contribution in [0, 0.1) is 10.1 Å². The van der Waals surface area contributed by atoms with E-state index in [-0.39, 0.29) is 11.6 Å². The molecule has 0 aromatic heterocycles. The molecule has 2 aromatic carbocycles. The molecule has 0 saturated carbocycles. The highest BCUT2D eigenvalue weighted by molar-refractivity contribution is 6.31. The quantitative estimate of drug-likeness (QED) is 0.520. The van der Waals surface area contributed by atoms with E-state index in [1.54, 1.807) is 18.2 Å². The number of benzene rings is 2. The summed E-state index contributed by atoms with van der Waals surface area (Å²) in [5.41, 5.74) is 1.39. The maximum atomic E-state index is 11.7. The number of hydrogen-bond donors (Lipinski definition) is 1. The Morgan fingerprint density at radius 2 is 2.00 bits per heavy atom. The van der Waals surface area contributed by atoms with Crippen molar-refractivity contribution in [2.75, 3.05) is 0 Å². The molecule has 6 heteroatoms. The fourth-order valence-electron chi connectivity index (χ4n) is 1.80. The van der Waals surface area contributed by atoms with E-state index in [0.717, 1.165) is 5.56 Å². The van der Waals surface area contributed by atoms with E-state index in [1.807, 2.05) is 18.2 Å². The van der Waals surface area contributed by atoms with Gasteiger partial charge in [-0.25, -0.2) is 0 Å². The van der Waals surface area contributed by atoms with E-state index in [9.17, 15) is 14.9 Å². The molecule has 1 amide bonds. The van der Waals surface area contributed by atoms with Crippen molar-refractivity contribution in [3.05, 3.63) is 80.9 Å². The number of nitrogens with one attached hydrogen (secondary N) is 1. The molecule has 0 saturated heterocycles. The molecule has 2 aromatic rings. The lowest BCUT2D eigenvalue weighted by Gasteiger charge is -2.04. The number of nitrogens with zero attached hydrogens (tertiary/aromatic N) is 1. The first-order valence-corrected chi connectivity index (χ1v) is 6.88. The average molecular weight is 317 g/mol. The summed E-state index contributed by atoms with van der Waals surface area (Å²) < 4.78 is 0. The predicted octanol–water partition coefficient (Wildman–Crippen LogP) is 3.58. The Bertz CT molecular complexity index is 729. The van der Waals surface area contributed by atoms with E-state index in [4.69, 9.17) is 11.6 Å². The monoisotopic (exact) mass is 316 g/mol. The Hall–Kier alpha value is -2.66. The number of nitro groups is 1. The topological polar surface area (TPSA) is 72.2 Å². The van der Waals surface area contributed by atoms with Gasteiger partial charge < -0.3 is 5.32 Å². The van der Waals surface area contributed by atoms with Crippen molar-refractivity contribution >= 4 is 29.3 Å². The van der Waals surface area contributed by atoms with Crippen LogP contribution in [-0.4, -0.2) is 10.8 Å². The van der Waals surface area contributed by atoms with E-state index in [1.165, 1.54) is 24.3 Å². The molecule has 0 aliphatic heterocycles. The Morgan fingerprint density at radius 1 is 1.23 bits per heavy atom. The van der Waals surface area contributed by atoms with Crippen LogP contribution in [0.1, 0.15) is 11.1 Å². The third-order valence-corrected chi connectivity index (χ3v) is 3.29. The van der Waals surface area contributed by atoms with Gasteiger partial charge in [0.15, 0.2) is 0 Å². The molecule has 112 valence electrons. The zero-order valence-electron chi connectivity index (χ0n) is 11.5. The second kappa shape index (κ2) is 7.38. The molecule has 22 heavy (non-hydrogen) atoms. The maximum absolute atomic E-state index is 11.7. The molecule has 0 aliphatic carbocycles. The first kappa shape index (κ1) is 15.7. The summed E-state index contributed by atoms with van der Waals surface area (Å²) in [6.45, 7) is 0.317. The van der Waals surface area contributed by atoms with Crippen LogP contribution in [0.4, 0.5) is 5.69 Å². The number of carbonyl (C=O) groups is 1. The van der Waals surface area contributed by atoms with Crippen LogP contribution in [0.25, 0.3) is 6.08 Å². The third-order valence-electron chi connectivity index (χ3n) is 2.92. The van der Waals surface area contributed by atoms with E-state index < -0.39 is 4.92 Å². The number of nitro benzene ring substituents is 1. The summed E-state index contributed by atoms with van der Waals surface area (Å²) >= 11 is 5.99. The second-order valence-electron chi connectivity index (χ2n) is 4.49. The van der Waals surface area contributed by atoms with E-state index in [0.29, 0.717) is 17.1 Å². The van der Waals surface area contributed by atoms with Gasteiger partial charge in [-0.05, 0) is 23.3 Å². The van der Waals surface area contributed by atoms with E-state index in [2.05, 4.69) is 5.32 Å². The van der Waals surface area contributed by atoms with Crippen LogP contribution < -0.4 is 5.32 Å². The molecule has 0 spiro atoms. The number of non-ortho nitro benzene ring substituents is 1. The molecule has 0 aliphatic rings. The highest BCUT2D eigenvalue weighted by Gasteiger charge is 2.04. The fraction of sp³-hybridized carbons (Fsp3) is 0.0625. The molecule has 0 unspecified atom stereocenters. The number of hydrogen-bond acceptors (Lipinski definition) is 3. The largest absolute Gasteiger partial charge is 0.348 e. The van der Waals surface area contributed by atoms with Crippen molar-refractivity contribution in [2.24, 2.45) is 0 Å². The molecule has 1 N–H and O–H groups in total. The van der Waals surface area contributed by atoms with Crippen LogP contribution >= 0.6 is 11.6 Å². The molecule has 0 heterocycles. The number of amides is 1. The molecular formula is C16H13ClN2O3. The minimum absolute atomic E-state index is 0.0152. The van der Waals surface area contributed by atoms with Gasteiger partial charge in [0.25, 0.3) is 5.69 Å². The Labute approximate surface area is 132 Å². The number of halogens is 1. The number of rotatable bonds is 5. The minimum Gasteiger partial charge on any atom is -0.348 e. The van der Waals surface area contributed by atoms with Gasteiger partial charge in [-0.15, -0.1) is 0 Å². The van der Waals surface area contributed by atoms with Crippen LogP contribution in [0.3, 0.4) is 0 Å². The first-order valence-electron chi connectivity index (χ1n) is 6.50. The van der Waals surface area contributed by atoms with E-state index >= 15 is 0 Å². The molecule has 2 rings (SSSR count). The van der Waals surface area contributed by atoms with Crippen LogP contribution in [0.5, 0.6) is 0 Å². The summed E-state index contributed by atoms with van der Waals surface area (Å²) in [6, 6.07) is 13.3. The van der Waals surface area contributed by atoms with Crippen LogP contribution in [0.2, 0.25) is 5.02 Å². The minimum atomic E-state index is -0.477. The summed E-state index contributed by atoms with van der Waals surface area (Å²) in [5, 5.41) is 14.0. The summed E-state index contributed by atoms with van der Waals surface area (Å²) in [6.07, 6.45) is 2.85. The molecular weight excluding hydrogens is 304 g/mol. The summed E-state index contributed by atoms with van der Waals surface area (Å²) in [7, 11) is 0. The van der Waals surface area contributed by atoms with Gasteiger partial charge in [0, 0.05) is 29.8 Å². The fourth-order valence-corrected chi connectivity index (χ4v) is 2.00. The third kappa shape index (κ3) is 4.43. The van der Waals surface area contributed by atoms with Gasteiger partial charge in [0.2, 0.25) is 5.91 Å². The van der Waals surface area contributed by atoms with Gasteiger partial charge in [-0.1, -0.05) is 41.9 Å². The Balaban J connectivity index is 1.96. The Morgan fingerprint density at radius 3 is 2.73 bits per heavy atom. The zero-order valence-corrected chi connectivity index (χ0v) is 12.3. The zero-order chi connectivity index (χ0) is 15.9. The molecule has 0 atom stereocenters. The molecule has 5 nitrogen and oxygen atoms in total. The lowest BCUT2D eigenvalue weighted by Crippen LogP contribution is -2.20. The lowest BCUT2D eigenvalue weighted by molar-refractivity contribution is -0.384. The van der Waals surface area contributed by atoms with Crippen LogP contribution in [-0.2, 0) is 11.3 Å². The number of carbonyl (C=O) groups excluding carboxylic acids is 1. The maximum Gasteiger partial charge on any atom is 0.270 e. The van der Waals surface area contributed by atoms with Crippen molar-refractivity contribution in [3.8, 4) is 0 Å². The van der Waals surface area contributed by atoms with Gasteiger partial charge in [0.05, 0.1) is 4.92 Å². The average Bonchev–Trinajstić information content (AvgIpc) is 2.52. The standard InChI is InChI=1S/C16H13ClN2O3/c17-15-7-2-1-5-13(15)11-18-16(20)9-8-12-4-3-6-14(10-12)19(21)22/h1-10H,11H2,(H,18,20)/b9-8+. The van der Waals surface area contributed by atoms with Crippen molar-refractivity contribution in [3.63, 3.8) is 0 Å². The first-order chi connectivity index (χ1) is 10.6. The predicted molar refractivity (Wildman–Crippen MR) is 85.4 cm³/mol. The summed E-state index contributed by atoms with van der Waals surface area (Å²) in [5.74, 6) is -0.300. The molecule has 0 fully saturated rings. The van der Waals surface area contributed by atoms with Gasteiger partial charge in [0.1, 0.15) is 0 Å². The summed E-state index contributed by atoms with van der Waals surface area (Å²) in [4.78, 5) is 21.9. The molecule has 0 radical (unpaired) electrons. The lowest BCUT2D eigenvalue weighted by atomic mass is 10.2. The second-order valence-corrected chi connectivity index (χ2v) is 4.90. The van der Waals surface area contributed by atoms with Gasteiger partial charge in [-0.2, -0.15) is 0 Å². The Kier molecular flexibility index (Phi) is 5.27. The van der Waals surface area contributed by atoms with Crippen molar-refractivity contribution < 1.29 is 9.72 Å². The smallest absolute Gasteiger partial charge is 0.270 e. The van der Waals surface area contributed by atoms with Crippen molar-refractivity contribution in [1.29, 1.82) is 0 Å². The normalized spacial score (nSPS) is 10.6. The van der Waals surface area contributed by atoms with Crippen molar-refractivity contribution in [1.82, 2.24) is 5.32 Å². The van der Waals surface area contributed by atoms with Gasteiger partial charge >= 0.3 is 0 Å². The van der Waals surface area contributed by atoms with Gasteiger partial charge in [-0.3, -0.25) is 14.9 Å². The highest BCUT2D eigenvalue weighted by Crippen LogP contribution is 2.15. The van der Waals surface area contributed by atoms with Crippen molar-refractivity contribution in [2.45, 2.75) is 6.54 Å². The SMILES string of the molecule is O=C(/C=C/c1cccc([N+](=O)[O-])c1)NCc1ccccc1Cl.